The van der Waals surface area contributed by atoms with Crippen LogP contribution in [0.15, 0.2) is 0 Å². The van der Waals surface area contributed by atoms with Gasteiger partial charge in [0.25, 0.3) is 0 Å². The van der Waals surface area contributed by atoms with Crippen molar-refractivity contribution in [2.75, 3.05) is 33.0 Å². The third kappa shape index (κ3) is 5.21. The lowest BCUT2D eigenvalue weighted by Gasteiger charge is -2.26. The van der Waals surface area contributed by atoms with Crippen LogP contribution in [0.2, 0.25) is 0 Å². The summed E-state index contributed by atoms with van der Waals surface area (Å²) in [7, 11) is 0. The summed E-state index contributed by atoms with van der Waals surface area (Å²) in [6.07, 6.45) is 2.56. The van der Waals surface area contributed by atoms with Gasteiger partial charge in [-0.25, -0.2) is 0 Å². The van der Waals surface area contributed by atoms with Crippen molar-refractivity contribution in [2.24, 2.45) is 0 Å². The Morgan fingerprint density at radius 1 is 1.29 bits per heavy atom. The molecule has 6 heteroatoms. The van der Waals surface area contributed by atoms with Gasteiger partial charge in [-0.05, 0) is 12.8 Å². The zero-order valence-corrected chi connectivity index (χ0v) is 10.8. The van der Waals surface area contributed by atoms with Crippen molar-refractivity contribution in [3.05, 3.63) is 0 Å². The van der Waals surface area contributed by atoms with Crippen molar-refractivity contribution in [3.8, 4) is 0 Å². The number of carbonyl (C=O) groups excluding carboxylic acids is 1. The van der Waals surface area contributed by atoms with Crippen molar-refractivity contribution in [1.82, 2.24) is 10.6 Å². The Hall–Kier alpha value is -0.360. The number of rotatable bonds is 3. The Morgan fingerprint density at radius 2 is 2.12 bits per heavy atom. The molecule has 2 unspecified atom stereocenters. The first-order chi connectivity index (χ1) is 7.84. The van der Waals surface area contributed by atoms with E-state index in [2.05, 4.69) is 10.6 Å². The standard InChI is InChI=1S/C11H20N2O3.ClH/c14-11(6-10-8-16-5-3-12-10)13-9-2-1-4-15-7-9;/h9-10,12H,1-8H2,(H,13,14);1H. The number of halogens is 1. The van der Waals surface area contributed by atoms with Crippen molar-refractivity contribution in [1.29, 1.82) is 0 Å². The van der Waals surface area contributed by atoms with Crippen LogP contribution in [0, 0.1) is 0 Å². The summed E-state index contributed by atoms with van der Waals surface area (Å²) >= 11 is 0. The summed E-state index contributed by atoms with van der Waals surface area (Å²) in [5, 5.41) is 6.28. The van der Waals surface area contributed by atoms with Gasteiger partial charge >= 0.3 is 0 Å². The van der Waals surface area contributed by atoms with E-state index in [0.29, 0.717) is 19.6 Å². The number of amides is 1. The molecule has 2 aliphatic heterocycles. The van der Waals surface area contributed by atoms with Gasteiger partial charge in [0, 0.05) is 25.6 Å². The predicted octanol–water partition coefficient (Wildman–Crippen LogP) is 0.0819. The van der Waals surface area contributed by atoms with Gasteiger partial charge in [-0.2, -0.15) is 0 Å². The van der Waals surface area contributed by atoms with E-state index in [1.54, 1.807) is 0 Å². The quantitative estimate of drug-likeness (QED) is 0.758. The topological polar surface area (TPSA) is 59.6 Å². The smallest absolute Gasteiger partial charge is 0.221 e. The lowest BCUT2D eigenvalue weighted by atomic mass is 10.1. The summed E-state index contributed by atoms with van der Waals surface area (Å²) in [6.45, 7) is 3.69. The van der Waals surface area contributed by atoms with Crippen LogP contribution in [0.25, 0.3) is 0 Å². The fraction of sp³-hybridized carbons (Fsp3) is 0.909. The molecule has 0 aromatic rings. The van der Waals surface area contributed by atoms with Crippen LogP contribution in [0.5, 0.6) is 0 Å². The van der Waals surface area contributed by atoms with Crippen molar-refractivity contribution in [3.63, 3.8) is 0 Å². The minimum Gasteiger partial charge on any atom is -0.379 e. The van der Waals surface area contributed by atoms with Gasteiger partial charge in [0.15, 0.2) is 0 Å². The molecule has 0 aromatic heterocycles. The molecule has 0 radical (unpaired) electrons. The second-order valence-corrected chi connectivity index (χ2v) is 4.41. The van der Waals surface area contributed by atoms with E-state index < -0.39 is 0 Å². The summed E-state index contributed by atoms with van der Waals surface area (Å²) in [5.74, 6) is 0.0958. The minimum absolute atomic E-state index is 0. The lowest BCUT2D eigenvalue weighted by Crippen LogP contribution is -2.47. The monoisotopic (exact) mass is 264 g/mol. The van der Waals surface area contributed by atoms with Crippen molar-refractivity contribution in [2.45, 2.75) is 31.3 Å². The van der Waals surface area contributed by atoms with Crippen LogP contribution in [-0.2, 0) is 14.3 Å². The largest absolute Gasteiger partial charge is 0.379 e. The van der Waals surface area contributed by atoms with Gasteiger partial charge in [0.05, 0.1) is 25.9 Å². The van der Waals surface area contributed by atoms with Gasteiger partial charge in [0.2, 0.25) is 5.91 Å². The fourth-order valence-electron chi connectivity index (χ4n) is 2.12. The number of morpholine rings is 1. The van der Waals surface area contributed by atoms with E-state index in [9.17, 15) is 4.79 Å². The fourth-order valence-corrected chi connectivity index (χ4v) is 2.12. The lowest BCUT2D eigenvalue weighted by molar-refractivity contribution is -0.123. The molecule has 0 aromatic carbocycles. The van der Waals surface area contributed by atoms with E-state index in [0.717, 1.165) is 32.6 Å². The Morgan fingerprint density at radius 3 is 2.76 bits per heavy atom. The van der Waals surface area contributed by atoms with E-state index >= 15 is 0 Å². The first-order valence-corrected chi connectivity index (χ1v) is 6.03. The summed E-state index contributed by atoms with van der Waals surface area (Å²) in [4.78, 5) is 11.7. The molecule has 2 saturated heterocycles. The second-order valence-electron chi connectivity index (χ2n) is 4.41. The van der Waals surface area contributed by atoms with E-state index in [1.807, 2.05) is 0 Å². The second kappa shape index (κ2) is 7.87. The molecule has 0 spiro atoms. The van der Waals surface area contributed by atoms with Gasteiger partial charge < -0.3 is 20.1 Å². The highest BCUT2D eigenvalue weighted by Crippen LogP contribution is 2.06. The zero-order chi connectivity index (χ0) is 11.2. The van der Waals surface area contributed by atoms with Crippen LogP contribution in [-0.4, -0.2) is 51.0 Å². The first kappa shape index (κ1) is 14.7. The third-order valence-corrected chi connectivity index (χ3v) is 2.96. The summed E-state index contributed by atoms with van der Waals surface area (Å²) < 4.78 is 10.6. The Labute approximate surface area is 108 Å². The highest BCUT2D eigenvalue weighted by atomic mass is 35.5. The molecular weight excluding hydrogens is 244 g/mol. The molecule has 1 amide bonds. The van der Waals surface area contributed by atoms with Crippen LogP contribution in [0.4, 0.5) is 0 Å². The predicted molar refractivity (Wildman–Crippen MR) is 66.5 cm³/mol. The molecular formula is C11H21ClN2O3. The maximum absolute atomic E-state index is 11.7. The van der Waals surface area contributed by atoms with Crippen LogP contribution < -0.4 is 10.6 Å². The molecule has 5 nitrogen and oxygen atoms in total. The molecule has 100 valence electrons. The highest BCUT2D eigenvalue weighted by Gasteiger charge is 2.20. The average Bonchev–Trinajstić information content (AvgIpc) is 2.31. The molecule has 2 N–H and O–H groups in total. The maximum atomic E-state index is 11.7. The molecule has 17 heavy (non-hydrogen) atoms. The van der Waals surface area contributed by atoms with Crippen LogP contribution >= 0.6 is 12.4 Å². The zero-order valence-electron chi connectivity index (χ0n) is 9.94. The third-order valence-electron chi connectivity index (χ3n) is 2.96. The normalized spacial score (nSPS) is 29.2. The molecule has 2 rings (SSSR count). The van der Waals surface area contributed by atoms with Gasteiger partial charge in [-0.15, -0.1) is 12.4 Å². The number of hydrogen-bond acceptors (Lipinski definition) is 4. The SMILES string of the molecule is Cl.O=C(CC1COCCN1)NC1CCCOC1. The average molecular weight is 265 g/mol. The number of ether oxygens (including phenoxy) is 2. The molecule has 2 heterocycles. The number of hydrogen-bond donors (Lipinski definition) is 2. The Bertz CT molecular complexity index is 207. The van der Waals surface area contributed by atoms with E-state index in [-0.39, 0.29) is 30.4 Å². The van der Waals surface area contributed by atoms with E-state index in [1.165, 1.54) is 0 Å². The minimum atomic E-state index is 0. The Kier molecular flexibility index (Phi) is 6.80. The molecule has 2 fully saturated rings. The maximum Gasteiger partial charge on any atom is 0.221 e. The Balaban J connectivity index is 0.00000144. The molecule has 0 bridgehead atoms. The molecule has 0 saturated carbocycles. The number of carbonyl (C=O) groups is 1. The van der Waals surface area contributed by atoms with Crippen LogP contribution in [0.3, 0.4) is 0 Å². The molecule has 0 aliphatic carbocycles. The summed E-state index contributed by atoms with van der Waals surface area (Å²) in [5.41, 5.74) is 0. The van der Waals surface area contributed by atoms with Crippen LogP contribution in [0.1, 0.15) is 19.3 Å². The number of nitrogens with one attached hydrogen (secondary N) is 2. The van der Waals surface area contributed by atoms with Gasteiger partial charge in [-0.1, -0.05) is 0 Å². The van der Waals surface area contributed by atoms with Gasteiger partial charge in [-0.3, -0.25) is 4.79 Å². The first-order valence-electron chi connectivity index (χ1n) is 6.03. The van der Waals surface area contributed by atoms with Crippen molar-refractivity contribution >= 4 is 18.3 Å². The highest BCUT2D eigenvalue weighted by molar-refractivity contribution is 5.85. The van der Waals surface area contributed by atoms with Crippen molar-refractivity contribution < 1.29 is 14.3 Å². The molecule has 2 aliphatic rings. The molecule has 2 atom stereocenters. The van der Waals surface area contributed by atoms with E-state index in [4.69, 9.17) is 9.47 Å². The van der Waals surface area contributed by atoms with Gasteiger partial charge in [0.1, 0.15) is 0 Å². The summed E-state index contributed by atoms with van der Waals surface area (Å²) in [6, 6.07) is 0.365.